The lowest BCUT2D eigenvalue weighted by Crippen LogP contribution is -2.42. The molecule has 20 heavy (non-hydrogen) atoms. The maximum atomic E-state index is 12.5. The largest absolute Gasteiger partial charge is 0.497 e. The van der Waals surface area contributed by atoms with Crippen LogP contribution in [-0.4, -0.2) is 39.0 Å². The van der Waals surface area contributed by atoms with Crippen LogP contribution in [0, 0.1) is 0 Å². The van der Waals surface area contributed by atoms with Crippen LogP contribution in [0.5, 0.6) is 5.75 Å². The van der Waals surface area contributed by atoms with Crippen LogP contribution in [0.4, 0.5) is 0 Å². The Morgan fingerprint density at radius 2 is 1.95 bits per heavy atom. The standard InChI is InChI=1S/C12H17BrN2O3S.ClH/c1-18-10-2-3-12(11(13)8-10)19(16,17)15-6-4-9(14)5-7-15;/h2-3,8-9H,4-7,14H2,1H3;1H. The lowest BCUT2D eigenvalue weighted by atomic mass is 10.1. The summed E-state index contributed by atoms with van der Waals surface area (Å²) < 4.78 is 32.1. The number of piperidine rings is 1. The van der Waals surface area contributed by atoms with Crippen molar-refractivity contribution >= 4 is 38.4 Å². The molecule has 1 heterocycles. The van der Waals surface area contributed by atoms with Crippen LogP contribution in [0.3, 0.4) is 0 Å². The second-order valence-electron chi connectivity index (χ2n) is 4.54. The van der Waals surface area contributed by atoms with E-state index in [9.17, 15) is 8.42 Å². The average Bonchev–Trinajstić information content (AvgIpc) is 2.38. The number of halogens is 2. The minimum atomic E-state index is -3.47. The smallest absolute Gasteiger partial charge is 0.244 e. The molecule has 1 aliphatic heterocycles. The number of ether oxygens (including phenoxy) is 1. The fraction of sp³-hybridized carbons (Fsp3) is 0.500. The van der Waals surface area contributed by atoms with Crippen molar-refractivity contribution in [2.24, 2.45) is 5.73 Å². The van der Waals surface area contributed by atoms with Gasteiger partial charge < -0.3 is 10.5 Å². The second-order valence-corrected chi connectivity index (χ2v) is 7.30. The van der Waals surface area contributed by atoms with Crippen LogP contribution >= 0.6 is 28.3 Å². The van der Waals surface area contributed by atoms with Crippen LogP contribution in [0.15, 0.2) is 27.6 Å². The predicted octanol–water partition coefficient (Wildman–Crippen LogP) is 1.99. The summed E-state index contributed by atoms with van der Waals surface area (Å²) in [6.45, 7) is 0.948. The van der Waals surface area contributed by atoms with Gasteiger partial charge in [-0.1, -0.05) is 0 Å². The van der Waals surface area contributed by atoms with E-state index in [-0.39, 0.29) is 23.3 Å². The zero-order valence-corrected chi connectivity index (χ0v) is 14.3. The van der Waals surface area contributed by atoms with Gasteiger partial charge >= 0.3 is 0 Å². The number of rotatable bonds is 3. The molecule has 0 aromatic heterocycles. The van der Waals surface area contributed by atoms with Gasteiger partial charge in [-0.2, -0.15) is 4.31 Å². The van der Waals surface area contributed by atoms with Crippen molar-refractivity contribution in [1.82, 2.24) is 4.31 Å². The van der Waals surface area contributed by atoms with Gasteiger partial charge in [-0.25, -0.2) is 8.42 Å². The first-order valence-electron chi connectivity index (χ1n) is 6.04. The van der Waals surface area contributed by atoms with E-state index in [0.29, 0.717) is 36.2 Å². The molecule has 114 valence electrons. The van der Waals surface area contributed by atoms with E-state index in [1.807, 2.05) is 0 Å². The summed E-state index contributed by atoms with van der Waals surface area (Å²) >= 11 is 3.29. The summed E-state index contributed by atoms with van der Waals surface area (Å²) in [7, 11) is -1.92. The molecular formula is C12H18BrClN2O3S. The summed E-state index contributed by atoms with van der Waals surface area (Å²) in [5.41, 5.74) is 5.80. The van der Waals surface area contributed by atoms with Gasteiger partial charge in [-0.15, -0.1) is 12.4 Å². The van der Waals surface area contributed by atoms with E-state index in [0.717, 1.165) is 0 Å². The number of sulfonamides is 1. The van der Waals surface area contributed by atoms with Gasteiger partial charge in [-0.05, 0) is 47.0 Å². The third-order valence-electron chi connectivity index (χ3n) is 3.26. The molecule has 0 radical (unpaired) electrons. The van der Waals surface area contributed by atoms with Gasteiger partial charge in [0, 0.05) is 23.6 Å². The highest BCUT2D eigenvalue weighted by Crippen LogP contribution is 2.30. The average molecular weight is 386 g/mol. The molecule has 1 fully saturated rings. The molecule has 0 aliphatic carbocycles. The Hall–Kier alpha value is -0.340. The minimum absolute atomic E-state index is 0. The topological polar surface area (TPSA) is 72.6 Å². The Morgan fingerprint density at radius 3 is 2.45 bits per heavy atom. The van der Waals surface area contributed by atoms with Crippen LogP contribution < -0.4 is 10.5 Å². The predicted molar refractivity (Wildman–Crippen MR) is 83.9 cm³/mol. The molecule has 1 aliphatic rings. The van der Waals surface area contributed by atoms with E-state index in [4.69, 9.17) is 10.5 Å². The molecule has 5 nitrogen and oxygen atoms in total. The van der Waals surface area contributed by atoms with Gasteiger partial charge in [0.25, 0.3) is 0 Å². The molecule has 0 spiro atoms. The molecule has 2 N–H and O–H groups in total. The number of benzene rings is 1. The van der Waals surface area contributed by atoms with Crippen molar-refractivity contribution in [1.29, 1.82) is 0 Å². The molecule has 1 aromatic carbocycles. The zero-order valence-electron chi connectivity index (χ0n) is 11.1. The van der Waals surface area contributed by atoms with E-state index in [2.05, 4.69) is 15.9 Å². The van der Waals surface area contributed by atoms with E-state index in [1.165, 1.54) is 4.31 Å². The summed E-state index contributed by atoms with van der Waals surface area (Å²) in [6, 6.07) is 4.97. The van der Waals surface area contributed by atoms with Gasteiger partial charge in [0.15, 0.2) is 0 Å². The molecule has 8 heteroatoms. The lowest BCUT2D eigenvalue weighted by Gasteiger charge is -2.29. The van der Waals surface area contributed by atoms with E-state index >= 15 is 0 Å². The SMILES string of the molecule is COc1ccc(S(=O)(=O)N2CCC(N)CC2)c(Br)c1.Cl. The minimum Gasteiger partial charge on any atom is -0.497 e. The molecule has 2 rings (SSSR count). The number of methoxy groups -OCH3 is 1. The van der Waals surface area contributed by atoms with Crippen molar-refractivity contribution in [3.8, 4) is 5.75 Å². The van der Waals surface area contributed by atoms with Crippen molar-refractivity contribution in [2.45, 2.75) is 23.8 Å². The highest BCUT2D eigenvalue weighted by atomic mass is 79.9. The molecule has 0 saturated carbocycles. The number of nitrogens with zero attached hydrogens (tertiary/aromatic N) is 1. The molecule has 0 amide bonds. The van der Waals surface area contributed by atoms with Crippen LogP contribution in [-0.2, 0) is 10.0 Å². The highest BCUT2D eigenvalue weighted by molar-refractivity contribution is 9.10. The van der Waals surface area contributed by atoms with Gasteiger partial charge in [0.05, 0.1) is 12.0 Å². The third-order valence-corrected chi connectivity index (χ3v) is 6.13. The highest BCUT2D eigenvalue weighted by Gasteiger charge is 2.29. The normalized spacial score (nSPS) is 17.6. The van der Waals surface area contributed by atoms with Gasteiger partial charge in [0.1, 0.15) is 5.75 Å². The Balaban J connectivity index is 0.00000200. The van der Waals surface area contributed by atoms with Gasteiger partial charge in [0.2, 0.25) is 10.0 Å². The summed E-state index contributed by atoms with van der Waals surface area (Å²) in [5, 5.41) is 0. The molecule has 1 saturated heterocycles. The number of hydrogen-bond donors (Lipinski definition) is 1. The van der Waals surface area contributed by atoms with Crippen LogP contribution in [0.1, 0.15) is 12.8 Å². The molecule has 0 bridgehead atoms. The van der Waals surface area contributed by atoms with Crippen molar-refractivity contribution in [3.05, 3.63) is 22.7 Å². The molecule has 1 aromatic rings. The monoisotopic (exact) mass is 384 g/mol. The van der Waals surface area contributed by atoms with Crippen molar-refractivity contribution in [2.75, 3.05) is 20.2 Å². The second kappa shape index (κ2) is 7.09. The maximum Gasteiger partial charge on any atom is 0.244 e. The van der Waals surface area contributed by atoms with E-state index < -0.39 is 10.0 Å². The summed E-state index contributed by atoms with van der Waals surface area (Å²) in [5.74, 6) is 0.617. The summed E-state index contributed by atoms with van der Waals surface area (Å²) in [4.78, 5) is 0.267. The Kier molecular flexibility index (Phi) is 6.27. The first-order valence-corrected chi connectivity index (χ1v) is 8.27. The molecule has 0 unspecified atom stereocenters. The third kappa shape index (κ3) is 3.65. The fourth-order valence-corrected chi connectivity index (χ4v) is 4.56. The van der Waals surface area contributed by atoms with Crippen LogP contribution in [0.2, 0.25) is 0 Å². The molecular weight excluding hydrogens is 368 g/mol. The quantitative estimate of drug-likeness (QED) is 0.863. The van der Waals surface area contributed by atoms with E-state index in [1.54, 1.807) is 25.3 Å². The number of nitrogens with two attached hydrogens (primary N) is 1. The molecule has 0 atom stereocenters. The van der Waals surface area contributed by atoms with Crippen molar-refractivity contribution < 1.29 is 13.2 Å². The first kappa shape index (κ1) is 17.7. The Labute approximate surface area is 134 Å². The van der Waals surface area contributed by atoms with Crippen LogP contribution in [0.25, 0.3) is 0 Å². The Bertz CT molecular complexity index is 560. The zero-order chi connectivity index (χ0) is 14.0. The fourth-order valence-electron chi connectivity index (χ4n) is 2.07. The first-order chi connectivity index (χ1) is 8.95. The lowest BCUT2D eigenvalue weighted by molar-refractivity contribution is 0.320. The van der Waals surface area contributed by atoms with Crippen molar-refractivity contribution in [3.63, 3.8) is 0 Å². The Morgan fingerprint density at radius 1 is 1.35 bits per heavy atom. The number of hydrogen-bond acceptors (Lipinski definition) is 4. The van der Waals surface area contributed by atoms with Gasteiger partial charge in [-0.3, -0.25) is 0 Å². The summed E-state index contributed by atoms with van der Waals surface area (Å²) in [6.07, 6.45) is 1.40. The maximum absolute atomic E-state index is 12.5.